The quantitative estimate of drug-likeness (QED) is 0.732. The first-order valence-electron chi connectivity index (χ1n) is 8.99. The third kappa shape index (κ3) is 3.44. The Morgan fingerprint density at radius 2 is 1.62 bits per heavy atom. The van der Waals surface area contributed by atoms with E-state index in [1.165, 1.54) is 5.56 Å². The lowest BCUT2D eigenvalue weighted by molar-refractivity contribution is 0.0624. The Labute approximate surface area is 153 Å². The molecule has 0 radical (unpaired) electrons. The van der Waals surface area contributed by atoms with Gasteiger partial charge in [-0.25, -0.2) is 9.97 Å². The van der Waals surface area contributed by atoms with Gasteiger partial charge in [0.05, 0.1) is 5.52 Å². The minimum Gasteiger partial charge on any atom is -0.335 e. The van der Waals surface area contributed by atoms with E-state index in [4.69, 9.17) is 0 Å². The van der Waals surface area contributed by atoms with Gasteiger partial charge in [0.25, 0.3) is 5.91 Å². The van der Waals surface area contributed by atoms with Crippen LogP contribution in [0.15, 0.2) is 54.6 Å². The molecule has 1 fully saturated rings. The molecule has 0 spiro atoms. The first kappa shape index (κ1) is 16.7. The summed E-state index contributed by atoms with van der Waals surface area (Å²) in [6, 6.07) is 18.2. The highest BCUT2D eigenvalue weighted by atomic mass is 16.2. The van der Waals surface area contributed by atoms with Gasteiger partial charge in [0.2, 0.25) is 0 Å². The first-order chi connectivity index (χ1) is 12.7. The molecule has 5 nitrogen and oxygen atoms in total. The monoisotopic (exact) mass is 346 g/mol. The molecule has 4 rings (SSSR count). The van der Waals surface area contributed by atoms with Crippen LogP contribution in [-0.2, 0) is 6.54 Å². The molecule has 1 saturated heterocycles. The Balaban J connectivity index is 1.47. The van der Waals surface area contributed by atoms with Crippen LogP contribution in [0.5, 0.6) is 0 Å². The van der Waals surface area contributed by atoms with Crippen LogP contribution < -0.4 is 0 Å². The highest BCUT2D eigenvalue weighted by molar-refractivity contribution is 6.04. The first-order valence-corrected chi connectivity index (χ1v) is 8.99. The minimum absolute atomic E-state index is 0.00561. The molecule has 3 aromatic rings. The molecule has 5 heteroatoms. The molecule has 1 aliphatic heterocycles. The number of nitrogens with zero attached hydrogens (tertiary/aromatic N) is 4. The number of para-hydroxylation sites is 1. The summed E-state index contributed by atoms with van der Waals surface area (Å²) < 4.78 is 0. The number of benzene rings is 2. The van der Waals surface area contributed by atoms with E-state index in [1.54, 1.807) is 0 Å². The molecule has 0 saturated carbocycles. The molecular formula is C21H22N4O. The van der Waals surface area contributed by atoms with E-state index < -0.39 is 0 Å². The number of aryl methyl sites for hydroxylation is 1. The molecule has 26 heavy (non-hydrogen) atoms. The summed E-state index contributed by atoms with van der Waals surface area (Å²) in [6.07, 6.45) is 0. The van der Waals surface area contributed by atoms with Gasteiger partial charge in [-0.05, 0) is 18.6 Å². The molecule has 1 aliphatic rings. The minimum atomic E-state index is 0.00561. The molecular weight excluding hydrogens is 324 g/mol. The van der Waals surface area contributed by atoms with Gasteiger partial charge in [0.15, 0.2) is 0 Å². The molecule has 2 aromatic carbocycles. The molecule has 0 bridgehead atoms. The van der Waals surface area contributed by atoms with Crippen molar-refractivity contribution in [1.82, 2.24) is 19.8 Å². The van der Waals surface area contributed by atoms with E-state index in [1.807, 2.05) is 42.2 Å². The maximum Gasteiger partial charge on any atom is 0.273 e. The second-order valence-corrected chi connectivity index (χ2v) is 6.69. The van der Waals surface area contributed by atoms with Crippen molar-refractivity contribution >= 4 is 16.8 Å². The van der Waals surface area contributed by atoms with Crippen LogP contribution in [0.25, 0.3) is 10.9 Å². The molecule has 0 atom stereocenters. The van der Waals surface area contributed by atoms with Gasteiger partial charge in [-0.1, -0.05) is 48.5 Å². The van der Waals surface area contributed by atoms with Crippen LogP contribution in [0.2, 0.25) is 0 Å². The summed E-state index contributed by atoms with van der Waals surface area (Å²) in [5.74, 6) is 0.640. The highest BCUT2D eigenvalue weighted by Crippen LogP contribution is 2.18. The van der Waals surface area contributed by atoms with Crippen molar-refractivity contribution in [3.63, 3.8) is 0 Å². The Kier molecular flexibility index (Phi) is 4.63. The Morgan fingerprint density at radius 1 is 0.923 bits per heavy atom. The maximum atomic E-state index is 13.0. The van der Waals surface area contributed by atoms with E-state index in [0.717, 1.165) is 43.6 Å². The van der Waals surface area contributed by atoms with Crippen LogP contribution in [0.4, 0.5) is 0 Å². The third-order valence-corrected chi connectivity index (χ3v) is 4.83. The maximum absolute atomic E-state index is 13.0. The number of rotatable bonds is 3. The zero-order valence-corrected chi connectivity index (χ0v) is 14.9. The smallest absolute Gasteiger partial charge is 0.273 e. The lowest BCUT2D eigenvalue weighted by Gasteiger charge is -2.34. The molecule has 2 heterocycles. The van der Waals surface area contributed by atoms with Crippen LogP contribution in [0.3, 0.4) is 0 Å². The van der Waals surface area contributed by atoms with Crippen LogP contribution in [-0.4, -0.2) is 51.9 Å². The topological polar surface area (TPSA) is 49.3 Å². The number of aromatic nitrogens is 2. The number of piperazine rings is 1. The average molecular weight is 346 g/mol. The fourth-order valence-corrected chi connectivity index (χ4v) is 3.46. The van der Waals surface area contributed by atoms with E-state index in [9.17, 15) is 4.79 Å². The number of hydrogen-bond acceptors (Lipinski definition) is 4. The number of carbonyl (C=O) groups excluding carboxylic acids is 1. The predicted octanol–water partition coefficient (Wildman–Crippen LogP) is 2.90. The van der Waals surface area contributed by atoms with E-state index in [2.05, 4.69) is 39.1 Å². The molecule has 0 unspecified atom stereocenters. The van der Waals surface area contributed by atoms with Crippen molar-refractivity contribution in [3.05, 3.63) is 71.7 Å². The number of fused-ring (bicyclic) bond motifs is 1. The van der Waals surface area contributed by atoms with Crippen LogP contribution in [0.1, 0.15) is 21.9 Å². The summed E-state index contributed by atoms with van der Waals surface area (Å²) in [4.78, 5) is 26.2. The van der Waals surface area contributed by atoms with Gasteiger partial charge in [-0.2, -0.15) is 0 Å². The van der Waals surface area contributed by atoms with E-state index >= 15 is 0 Å². The fraction of sp³-hybridized carbons (Fsp3) is 0.286. The van der Waals surface area contributed by atoms with E-state index in [0.29, 0.717) is 11.5 Å². The number of carbonyl (C=O) groups is 1. The van der Waals surface area contributed by atoms with Crippen molar-refractivity contribution in [3.8, 4) is 0 Å². The second kappa shape index (κ2) is 7.22. The zero-order chi connectivity index (χ0) is 17.9. The van der Waals surface area contributed by atoms with Gasteiger partial charge >= 0.3 is 0 Å². The molecule has 1 amide bonds. The third-order valence-electron chi connectivity index (χ3n) is 4.83. The molecule has 1 aromatic heterocycles. The van der Waals surface area contributed by atoms with Crippen molar-refractivity contribution in [1.29, 1.82) is 0 Å². The molecule has 0 aliphatic carbocycles. The SMILES string of the molecule is Cc1nc(C(=O)N2CCN(Cc3ccccc3)CC2)c2ccccc2n1. The van der Waals surface area contributed by atoms with Crippen molar-refractivity contribution in [2.45, 2.75) is 13.5 Å². The van der Waals surface area contributed by atoms with Gasteiger partial charge in [0, 0.05) is 38.1 Å². The van der Waals surface area contributed by atoms with Gasteiger partial charge in [-0.3, -0.25) is 9.69 Å². The lowest BCUT2D eigenvalue weighted by Crippen LogP contribution is -2.48. The van der Waals surface area contributed by atoms with Gasteiger partial charge < -0.3 is 4.90 Å². The largest absolute Gasteiger partial charge is 0.335 e. The summed E-state index contributed by atoms with van der Waals surface area (Å²) >= 11 is 0. The van der Waals surface area contributed by atoms with Crippen molar-refractivity contribution < 1.29 is 4.79 Å². The standard InChI is InChI=1S/C21H22N4O/c1-16-22-19-10-6-5-9-18(19)20(23-16)21(26)25-13-11-24(12-14-25)15-17-7-3-2-4-8-17/h2-10H,11-15H2,1H3. The fourth-order valence-electron chi connectivity index (χ4n) is 3.46. The Morgan fingerprint density at radius 3 is 2.38 bits per heavy atom. The number of hydrogen-bond donors (Lipinski definition) is 0. The Hall–Kier alpha value is -2.79. The summed E-state index contributed by atoms with van der Waals surface area (Å²) in [5, 5.41) is 0.829. The predicted molar refractivity (Wildman–Crippen MR) is 102 cm³/mol. The van der Waals surface area contributed by atoms with Crippen LogP contribution in [0, 0.1) is 6.92 Å². The zero-order valence-electron chi connectivity index (χ0n) is 14.9. The van der Waals surface area contributed by atoms with Crippen LogP contribution >= 0.6 is 0 Å². The van der Waals surface area contributed by atoms with Gasteiger partial charge in [0.1, 0.15) is 11.5 Å². The highest BCUT2D eigenvalue weighted by Gasteiger charge is 2.24. The molecule has 0 N–H and O–H groups in total. The summed E-state index contributed by atoms with van der Waals surface area (Å²) in [5.41, 5.74) is 2.65. The summed E-state index contributed by atoms with van der Waals surface area (Å²) in [7, 11) is 0. The van der Waals surface area contributed by atoms with Crippen molar-refractivity contribution in [2.24, 2.45) is 0 Å². The number of amides is 1. The van der Waals surface area contributed by atoms with E-state index in [-0.39, 0.29) is 5.91 Å². The normalized spacial score (nSPS) is 15.3. The van der Waals surface area contributed by atoms with Gasteiger partial charge in [-0.15, -0.1) is 0 Å². The summed E-state index contributed by atoms with van der Waals surface area (Å²) in [6.45, 7) is 5.97. The lowest BCUT2D eigenvalue weighted by atomic mass is 10.1. The van der Waals surface area contributed by atoms with Crippen molar-refractivity contribution in [2.75, 3.05) is 26.2 Å². The Bertz CT molecular complexity index is 918. The second-order valence-electron chi connectivity index (χ2n) is 6.69. The molecule has 132 valence electrons. The average Bonchev–Trinajstić information content (AvgIpc) is 2.68.